The predicted molar refractivity (Wildman–Crippen MR) is 63.6 cm³/mol. The Morgan fingerprint density at radius 3 is 1.71 bits per heavy atom. The molecule has 82 valence electrons. The molecule has 0 unspecified atom stereocenters. The molecule has 0 aromatic heterocycles. The molecule has 0 aliphatic carbocycles. The molecule has 0 rings (SSSR count). The lowest BCUT2D eigenvalue weighted by atomic mass is 9.74. The molecule has 0 atom stereocenters. The van der Waals surface area contributed by atoms with Gasteiger partial charge in [0.15, 0.2) is 17.4 Å². The van der Waals surface area contributed by atoms with E-state index in [1.807, 2.05) is 20.8 Å². The van der Waals surface area contributed by atoms with Crippen molar-refractivity contribution in [3.8, 4) is 0 Å². The summed E-state index contributed by atoms with van der Waals surface area (Å²) in [5, 5.41) is 0. The molecule has 0 heterocycles. The maximum Gasteiger partial charge on any atom is 0.187 e. The van der Waals surface area contributed by atoms with Gasteiger partial charge in [-0.2, -0.15) is 0 Å². The molecule has 0 aromatic rings. The molecule has 3 heteroatoms. The van der Waals surface area contributed by atoms with Crippen LogP contribution in [-0.4, -0.2) is 28.9 Å². The fraction of sp³-hybridized carbons (Fsp3) is 0.818. The average Bonchev–Trinajstić information content (AvgIpc) is 2.07. The molecular formula is C11H23AlO2. The van der Waals surface area contributed by atoms with Crippen molar-refractivity contribution in [2.75, 3.05) is 0 Å². The Morgan fingerprint density at radius 2 is 1.50 bits per heavy atom. The first-order valence-electron chi connectivity index (χ1n) is 5.09. The summed E-state index contributed by atoms with van der Waals surface area (Å²) in [6.07, 6.45) is 2.63. The highest BCUT2D eigenvalue weighted by atomic mass is 27.0. The number of carbonyl (C=O) groups is 2. The smallest absolute Gasteiger partial charge is 0.187 e. The minimum absolute atomic E-state index is 0. The number of Topliss-reactive ketones (excluding diaryl/α,β-unsaturated/α-hetero) is 2. The first-order chi connectivity index (χ1) is 6.05. The first-order valence-corrected chi connectivity index (χ1v) is 5.09. The van der Waals surface area contributed by atoms with Gasteiger partial charge in [0.2, 0.25) is 0 Å². The average molecular weight is 214 g/mol. The van der Waals surface area contributed by atoms with Crippen molar-refractivity contribution in [2.45, 2.75) is 53.4 Å². The molecule has 0 saturated carbocycles. The molecule has 0 radical (unpaired) electrons. The van der Waals surface area contributed by atoms with Gasteiger partial charge in [-0.15, -0.1) is 0 Å². The summed E-state index contributed by atoms with van der Waals surface area (Å²) in [5.41, 5.74) is -0.685. The molecule has 0 spiro atoms. The Kier molecular flexibility index (Phi) is 8.39. The van der Waals surface area contributed by atoms with E-state index in [4.69, 9.17) is 0 Å². The van der Waals surface area contributed by atoms with Gasteiger partial charge in [0, 0.05) is 6.42 Å². The van der Waals surface area contributed by atoms with Crippen LogP contribution in [0.3, 0.4) is 0 Å². The van der Waals surface area contributed by atoms with Gasteiger partial charge < -0.3 is 0 Å². The molecule has 0 fully saturated rings. The third-order valence-electron chi connectivity index (χ3n) is 2.89. The zero-order valence-corrected chi connectivity index (χ0v) is 9.14. The molecule has 2 nitrogen and oxygen atoms in total. The molecule has 0 N–H and O–H groups in total. The molecular weight excluding hydrogens is 191 g/mol. The molecule has 0 bridgehead atoms. The largest absolute Gasteiger partial charge is 0.299 e. The lowest BCUT2D eigenvalue weighted by molar-refractivity contribution is -0.140. The van der Waals surface area contributed by atoms with E-state index in [-0.39, 0.29) is 28.9 Å². The van der Waals surface area contributed by atoms with Crippen LogP contribution >= 0.6 is 0 Å². The SMILES string of the molecule is CCCC(=O)C(CC)(CC)C(C)=O.[AlH3]. The molecule has 0 saturated heterocycles. The van der Waals surface area contributed by atoms with Gasteiger partial charge in [-0.3, -0.25) is 9.59 Å². The standard InChI is InChI=1S/C11H20O2.Al.3H/c1-5-8-10(13)11(6-2,7-3)9(4)12;;;;/h5-8H2,1-4H3;;;;. The minimum atomic E-state index is -0.685. The van der Waals surface area contributed by atoms with Crippen molar-refractivity contribution in [1.29, 1.82) is 0 Å². The van der Waals surface area contributed by atoms with E-state index in [0.717, 1.165) is 6.42 Å². The Labute approximate surface area is 97.6 Å². The number of rotatable bonds is 6. The highest BCUT2D eigenvalue weighted by molar-refractivity contribution is 6.05. The highest BCUT2D eigenvalue weighted by Crippen LogP contribution is 2.30. The second-order valence-electron chi connectivity index (χ2n) is 3.52. The van der Waals surface area contributed by atoms with E-state index >= 15 is 0 Å². The van der Waals surface area contributed by atoms with E-state index in [1.54, 1.807) is 0 Å². The summed E-state index contributed by atoms with van der Waals surface area (Å²) in [7, 11) is 0. The van der Waals surface area contributed by atoms with Crippen LogP contribution in [0.15, 0.2) is 0 Å². The summed E-state index contributed by atoms with van der Waals surface area (Å²) in [5.74, 6) is 0.142. The van der Waals surface area contributed by atoms with Crippen LogP contribution in [0.1, 0.15) is 53.4 Å². The summed E-state index contributed by atoms with van der Waals surface area (Å²) >= 11 is 0. The maximum absolute atomic E-state index is 11.7. The van der Waals surface area contributed by atoms with Gasteiger partial charge in [0.1, 0.15) is 11.6 Å². The fourth-order valence-electron chi connectivity index (χ4n) is 1.80. The Morgan fingerprint density at radius 1 is 1.07 bits per heavy atom. The van der Waals surface area contributed by atoms with Crippen molar-refractivity contribution in [2.24, 2.45) is 5.41 Å². The van der Waals surface area contributed by atoms with Crippen molar-refractivity contribution >= 4 is 28.9 Å². The van der Waals surface area contributed by atoms with Crippen LogP contribution in [0.25, 0.3) is 0 Å². The van der Waals surface area contributed by atoms with E-state index in [0.29, 0.717) is 19.3 Å². The van der Waals surface area contributed by atoms with E-state index in [9.17, 15) is 9.59 Å². The van der Waals surface area contributed by atoms with Gasteiger partial charge in [0.25, 0.3) is 0 Å². The third-order valence-corrected chi connectivity index (χ3v) is 2.89. The number of carbonyl (C=O) groups excluding carboxylic acids is 2. The zero-order valence-electron chi connectivity index (χ0n) is 9.14. The van der Waals surface area contributed by atoms with Crippen molar-refractivity contribution < 1.29 is 9.59 Å². The molecule has 14 heavy (non-hydrogen) atoms. The van der Waals surface area contributed by atoms with Gasteiger partial charge in [0.05, 0.1) is 5.41 Å². The monoisotopic (exact) mass is 214 g/mol. The summed E-state index contributed by atoms with van der Waals surface area (Å²) in [6, 6.07) is 0. The van der Waals surface area contributed by atoms with Gasteiger partial charge in [-0.05, 0) is 26.2 Å². The Hall–Kier alpha value is -0.128. The van der Waals surface area contributed by atoms with Crippen LogP contribution < -0.4 is 0 Å². The molecule has 0 amide bonds. The van der Waals surface area contributed by atoms with Crippen LogP contribution in [-0.2, 0) is 9.59 Å². The minimum Gasteiger partial charge on any atom is -0.299 e. The molecule has 0 aromatic carbocycles. The van der Waals surface area contributed by atoms with Gasteiger partial charge in [-0.25, -0.2) is 0 Å². The number of ketones is 2. The number of hydrogen-bond acceptors (Lipinski definition) is 2. The second-order valence-corrected chi connectivity index (χ2v) is 3.52. The maximum atomic E-state index is 11.7. The first kappa shape index (κ1) is 16.3. The number of hydrogen-bond donors (Lipinski definition) is 0. The normalized spacial score (nSPS) is 10.6. The predicted octanol–water partition coefficient (Wildman–Crippen LogP) is 1.57. The zero-order chi connectivity index (χ0) is 10.5. The van der Waals surface area contributed by atoms with Crippen LogP contribution in [0.5, 0.6) is 0 Å². The summed E-state index contributed by atoms with van der Waals surface area (Å²) in [6.45, 7) is 7.32. The van der Waals surface area contributed by atoms with Crippen LogP contribution in [0, 0.1) is 5.41 Å². The lowest BCUT2D eigenvalue weighted by Crippen LogP contribution is -2.36. The quantitative estimate of drug-likeness (QED) is 0.497. The molecule has 0 aliphatic rings. The third kappa shape index (κ3) is 3.22. The topological polar surface area (TPSA) is 34.1 Å². The van der Waals surface area contributed by atoms with Gasteiger partial charge in [-0.1, -0.05) is 20.8 Å². The fourth-order valence-corrected chi connectivity index (χ4v) is 1.80. The summed E-state index contributed by atoms with van der Waals surface area (Å²) in [4.78, 5) is 23.2. The van der Waals surface area contributed by atoms with Crippen molar-refractivity contribution in [1.82, 2.24) is 0 Å². The van der Waals surface area contributed by atoms with Crippen molar-refractivity contribution in [3.05, 3.63) is 0 Å². The van der Waals surface area contributed by atoms with Crippen molar-refractivity contribution in [3.63, 3.8) is 0 Å². The highest BCUT2D eigenvalue weighted by Gasteiger charge is 2.38. The van der Waals surface area contributed by atoms with Crippen LogP contribution in [0.4, 0.5) is 0 Å². The van der Waals surface area contributed by atoms with E-state index in [1.165, 1.54) is 6.92 Å². The lowest BCUT2D eigenvalue weighted by Gasteiger charge is -2.26. The summed E-state index contributed by atoms with van der Waals surface area (Å²) < 4.78 is 0. The van der Waals surface area contributed by atoms with Gasteiger partial charge >= 0.3 is 0 Å². The van der Waals surface area contributed by atoms with E-state index < -0.39 is 5.41 Å². The Balaban J connectivity index is 0. The Bertz CT molecular complexity index is 195. The van der Waals surface area contributed by atoms with Crippen LogP contribution in [0.2, 0.25) is 0 Å². The second kappa shape index (κ2) is 7.20. The molecule has 0 aliphatic heterocycles. The van der Waals surface area contributed by atoms with E-state index in [2.05, 4.69) is 0 Å².